The molecule has 1 aromatic rings. The van der Waals surface area contributed by atoms with Crippen molar-refractivity contribution >= 4 is 16.9 Å². The van der Waals surface area contributed by atoms with E-state index in [1.54, 1.807) is 14.2 Å². The second-order valence-corrected chi connectivity index (χ2v) is 3.00. The van der Waals surface area contributed by atoms with Crippen LogP contribution in [0, 0.1) is 0 Å². The number of methoxy groups -OCH3 is 2. The monoisotopic (exact) mass is 226 g/mol. The number of hydrogen-bond donors (Lipinski definition) is 0. The van der Waals surface area contributed by atoms with Gasteiger partial charge in [0.05, 0.1) is 0 Å². The normalized spacial score (nSPS) is 9.58. The van der Waals surface area contributed by atoms with Crippen molar-refractivity contribution in [1.29, 1.82) is 0 Å². The van der Waals surface area contributed by atoms with Gasteiger partial charge in [-0.3, -0.25) is 0 Å². The van der Waals surface area contributed by atoms with Crippen molar-refractivity contribution in [3.8, 4) is 11.5 Å². The fourth-order valence-electron chi connectivity index (χ4n) is 1.01. The van der Waals surface area contributed by atoms with Crippen LogP contribution in [0.5, 0.6) is 11.5 Å². The predicted octanol–water partition coefficient (Wildman–Crippen LogP) is 1.37. The van der Waals surface area contributed by atoms with Gasteiger partial charge < -0.3 is 0 Å². The first-order valence-electron chi connectivity index (χ1n) is 3.63. The van der Waals surface area contributed by atoms with Gasteiger partial charge in [-0.05, 0) is 0 Å². The first kappa shape index (κ1) is 9.47. The topological polar surface area (TPSA) is 18.5 Å². The molecular formula is C9H11AsO2. The summed E-state index contributed by atoms with van der Waals surface area (Å²) in [4.78, 5) is 0. The van der Waals surface area contributed by atoms with Crippen LogP contribution in [0.4, 0.5) is 0 Å². The Morgan fingerprint density at radius 3 is 2.50 bits per heavy atom. The maximum absolute atomic E-state index is 5.17. The SMILES string of the molecule is COc1ccc(OC)c(C[As])c1. The summed E-state index contributed by atoms with van der Waals surface area (Å²) in [6.45, 7) is 0. The zero-order valence-corrected chi connectivity index (χ0v) is 9.08. The van der Waals surface area contributed by atoms with Gasteiger partial charge in [0.15, 0.2) is 0 Å². The van der Waals surface area contributed by atoms with Gasteiger partial charge >= 0.3 is 81.0 Å². The van der Waals surface area contributed by atoms with Gasteiger partial charge in [-0.25, -0.2) is 0 Å². The van der Waals surface area contributed by atoms with Crippen LogP contribution in [0.3, 0.4) is 0 Å². The molecule has 1 aromatic carbocycles. The summed E-state index contributed by atoms with van der Waals surface area (Å²) in [5, 5.41) is 0.896. The van der Waals surface area contributed by atoms with E-state index >= 15 is 0 Å². The number of benzene rings is 1. The quantitative estimate of drug-likeness (QED) is 0.725. The van der Waals surface area contributed by atoms with Crippen LogP contribution in [-0.4, -0.2) is 31.1 Å². The first-order chi connectivity index (χ1) is 5.81. The Balaban J connectivity index is 3.02. The molecule has 0 amide bonds. The van der Waals surface area contributed by atoms with Gasteiger partial charge in [-0.2, -0.15) is 0 Å². The zero-order chi connectivity index (χ0) is 8.97. The summed E-state index contributed by atoms with van der Waals surface area (Å²) in [5.41, 5.74) is 1.15. The molecule has 3 heteroatoms. The van der Waals surface area contributed by atoms with E-state index in [1.165, 1.54) is 0 Å². The summed E-state index contributed by atoms with van der Waals surface area (Å²) in [6, 6.07) is 5.80. The van der Waals surface area contributed by atoms with Gasteiger partial charge in [0.25, 0.3) is 0 Å². The molecule has 0 spiro atoms. The Hall–Kier alpha value is -0.622. The fourth-order valence-corrected chi connectivity index (χ4v) is 1.52. The van der Waals surface area contributed by atoms with E-state index < -0.39 is 0 Å². The Morgan fingerprint density at radius 2 is 2.00 bits per heavy atom. The zero-order valence-electron chi connectivity index (χ0n) is 7.20. The van der Waals surface area contributed by atoms with Crippen LogP contribution in [0.1, 0.15) is 5.56 Å². The van der Waals surface area contributed by atoms with E-state index in [1.807, 2.05) is 18.2 Å². The van der Waals surface area contributed by atoms with Crippen molar-refractivity contribution in [2.75, 3.05) is 14.2 Å². The molecule has 0 aliphatic heterocycles. The first-order valence-corrected chi connectivity index (χ1v) is 4.96. The van der Waals surface area contributed by atoms with Crippen molar-refractivity contribution in [3.05, 3.63) is 23.8 Å². The number of hydrogen-bond acceptors (Lipinski definition) is 2. The minimum atomic E-state index is 0.872. The molecule has 0 heterocycles. The summed E-state index contributed by atoms with van der Waals surface area (Å²) in [7, 11) is 3.34. The second kappa shape index (κ2) is 4.42. The molecule has 0 atom stereocenters. The number of rotatable bonds is 3. The average Bonchev–Trinajstić information content (AvgIpc) is 2.16. The Kier molecular flexibility index (Phi) is 3.48. The molecule has 64 valence electrons. The van der Waals surface area contributed by atoms with E-state index in [9.17, 15) is 0 Å². The summed E-state index contributed by atoms with van der Waals surface area (Å²) >= 11 is 2.52. The van der Waals surface area contributed by atoms with Crippen LogP contribution in [0.25, 0.3) is 0 Å². The van der Waals surface area contributed by atoms with E-state index in [0.29, 0.717) is 0 Å². The molecule has 0 N–H and O–H groups in total. The maximum atomic E-state index is 5.17. The molecule has 0 saturated heterocycles. The third-order valence-electron chi connectivity index (χ3n) is 1.66. The molecule has 0 saturated carbocycles. The van der Waals surface area contributed by atoms with Crippen LogP contribution in [0.15, 0.2) is 18.2 Å². The molecule has 0 bridgehead atoms. The molecule has 0 aliphatic rings. The van der Waals surface area contributed by atoms with E-state index in [2.05, 4.69) is 16.9 Å². The van der Waals surface area contributed by atoms with E-state index in [0.717, 1.165) is 22.3 Å². The van der Waals surface area contributed by atoms with Crippen LogP contribution >= 0.6 is 0 Å². The summed E-state index contributed by atoms with van der Waals surface area (Å²) < 4.78 is 10.3. The molecule has 0 aliphatic carbocycles. The predicted molar refractivity (Wildman–Crippen MR) is 49.0 cm³/mol. The summed E-state index contributed by atoms with van der Waals surface area (Å²) in [5.74, 6) is 1.79. The van der Waals surface area contributed by atoms with Crippen LogP contribution in [0.2, 0.25) is 0 Å². The van der Waals surface area contributed by atoms with Crippen molar-refractivity contribution in [2.24, 2.45) is 0 Å². The molecule has 0 aromatic heterocycles. The molecule has 12 heavy (non-hydrogen) atoms. The van der Waals surface area contributed by atoms with E-state index in [-0.39, 0.29) is 0 Å². The van der Waals surface area contributed by atoms with Crippen LogP contribution in [-0.2, 0) is 5.21 Å². The standard InChI is InChI=1S/C9H11AsO2/c1-11-8-3-4-9(12-2)7(5-8)6-10/h3-5H,6H2,1-2H3. The van der Waals surface area contributed by atoms with Crippen molar-refractivity contribution in [3.63, 3.8) is 0 Å². The molecule has 1 rings (SSSR count). The summed E-state index contributed by atoms with van der Waals surface area (Å²) in [6.07, 6.45) is 0. The van der Waals surface area contributed by atoms with Crippen molar-refractivity contribution < 1.29 is 9.47 Å². The molecule has 2 radical (unpaired) electrons. The molecule has 2 nitrogen and oxygen atoms in total. The van der Waals surface area contributed by atoms with Crippen molar-refractivity contribution in [1.82, 2.24) is 0 Å². The fraction of sp³-hybridized carbons (Fsp3) is 0.333. The van der Waals surface area contributed by atoms with Crippen molar-refractivity contribution in [2.45, 2.75) is 5.21 Å². The van der Waals surface area contributed by atoms with Gasteiger partial charge in [0.2, 0.25) is 0 Å². The van der Waals surface area contributed by atoms with Gasteiger partial charge in [0, 0.05) is 0 Å². The van der Waals surface area contributed by atoms with Crippen LogP contribution < -0.4 is 9.47 Å². The second-order valence-electron chi connectivity index (χ2n) is 2.34. The van der Waals surface area contributed by atoms with Gasteiger partial charge in [-0.1, -0.05) is 0 Å². The molecule has 0 fully saturated rings. The third-order valence-corrected chi connectivity index (χ3v) is 2.37. The van der Waals surface area contributed by atoms with Gasteiger partial charge in [-0.15, -0.1) is 0 Å². The van der Waals surface area contributed by atoms with E-state index in [4.69, 9.17) is 9.47 Å². The Labute approximate surface area is 81.4 Å². The average molecular weight is 226 g/mol. The van der Waals surface area contributed by atoms with Gasteiger partial charge in [0.1, 0.15) is 0 Å². The molecular weight excluding hydrogens is 215 g/mol. The number of ether oxygens (including phenoxy) is 2. The Bertz CT molecular complexity index is 261. The Morgan fingerprint density at radius 1 is 1.25 bits per heavy atom. The third kappa shape index (κ3) is 1.95. The minimum absolute atomic E-state index is 0.872. The molecule has 0 unspecified atom stereocenters.